The first-order chi connectivity index (χ1) is 16.7. The molecule has 7 atom stereocenters. The van der Waals surface area contributed by atoms with Gasteiger partial charge in [0.05, 0.1) is 6.61 Å². The molecule has 0 amide bonds. The Morgan fingerprint density at radius 2 is 2.00 bits per heavy atom. The highest BCUT2D eigenvalue weighted by Crippen LogP contribution is 2.59. The number of Topliss-reactive ketones (excluding diaryl/α,β-unsaturated/α-hetero) is 1. The molecule has 0 saturated heterocycles. The molecule has 194 valence electrons. The van der Waals surface area contributed by atoms with Crippen LogP contribution in [-0.2, 0) is 20.4 Å². The summed E-state index contributed by atoms with van der Waals surface area (Å²) in [6.45, 7) is 11.3. The number of ether oxygens (including phenoxy) is 1. The summed E-state index contributed by atoms with van der Waals surface area (Å²) in [5, 5.41) is 0. The molecule has 5 heteroatoms. The van der Waals surface area contributed by atoms with E-state index in [0.717, 1.165) is 50.3 Å². The van der Waals surface area contributed by atoms with Gasteiger partial charge in [0.25, 0.3) is 5.97 Å². The molecular formula is C30H46O4Si. The quantitative estimate of drug-likeness (QED) is 0.258. The maximum Gasteiger partial charge on any atom is 0.289 e. The van der Waals surface area contributed by atoms with E-state index >= 15 is 0 Å². The molecule has 0 N–H and O–H groups in total. The molecule has 0 bridgehead atoms. The lowest BCUT2D eigenvalue weighted by Crippen LogP contribution is -2.42. The molecule has 4 nitrogen and oxygen atoms in total. The zero-order chi connectivity index (χ0) is 25.2. The molecule has 3 aliphatic carbocycles. The Hall–Kier alpha value is -1.62. The zero-order valence-electron chi connectivity index (χ0n) is 22.6. The van der Waals surface area contributed by atoms with Crippen molar-refractivity contribution in [3.8, 4) is 5.75 Å². The van der Waals surface area contributed by atoms with Crippen LogP contribution in [0.1, 0.15) is 103 Å². The van der Waals surface area contributed by atoms with Crippen molar-refractivity contribution in [2.75, 3.05) is 6.61 Å². The average molecular weight is 499 g/mol. The molecular weight excluding hydrogens is 452 g/mol. The molecule has 1 aromatic rings. The molecule has 0 spiro atoms. The summed E-state index contributed by atoms with van der Waals surface area (Å²) >= 11 is 0. The van der Waals surface area contributed by atoms with Crippen molar-refractivity contribution in [2.24, 2.45) is 23.2 Å². The van der Waals surface area contributed by atoms with Crippen molar-refractivity contribution in [3.63, 3.8) is 0 Å². The van der Waals surface area contributed by atoms with Crippen LogP contribution >= 0.6 is 0 Å². The van der Waals surface area contributed by atoms with E-state index in [1.807, 2.05) is 0 Å². The second-order valence-corrected chi connectivity index (χ2v) is 14.9. The van der Waals surface area contributed by atoms with Crippen molar-refractivity contribution in [2.45, 2.75) is 110 Å². The van der Waals surface area contributed by atoms with Crippen molar-refractivity contribution in [1.82, 2.24) is 0 Å². The Morgan fingerprint density at radius 1 is 1.20 bits per heavy atom. The third-order valence-electron chi connectivity index (χ3n) is 9.85. The minimum Gasteiger partial charge on any atom is -0.522 e. The summed E-state index contributed by atoms with van der Waals surface area (Å²) < 4.78 is 12.0. The number of ketones is 1. The van der Waals surface area contributed by atoms with Gasteiger partial charge in [-0.15, -0.1) is 0 Å². The Morgan fingerprint density at radius 3 is 2.74 bits per heavy atom. The number of rotatable bonds is 10. The maximum atomic E-state index is 12.6. The second-order valence-electron chi connectivity index (χ2n) is 12.0. The predicted octanol–water partition coefficient (Wildman–Crippen LogP) is 6.99. The molecule has 0 radical (unpaired) electrons. The van der Waals surface area contributed by atoms with Crippen LogP contribution < -0.4 is 4.74 Å². The monoisotopic (exact) mass is 498 g/mol. The molecule has 1 aromatic carbocycles. The van der Waals surface area contributed by atoms with Gasteiger partial charge in [0.15, 0.2) is 0 Å². The first kappa shape index (κ1) is 26.4. The van der Waals surface area contributed by atoms with Gasteiger partial charge in [-0.1, -0.05) is 46.6 Å². The standard InChI is InChI=1S/C30H46O4Si/c1-6-8-20(2)21(3)35(34-22(4)31)18-7-17-33-24-10-12-25-23(19-24)9-11-27-26(25)15-16-30(5)28(27)13-14-29(30)32/h10,12,19-21,26-28,35H,6-9,11,13-18H2,1-5H3/t20?,21-,26+,27+,28-,30-,35?/m0/s1. The molecule has 3 aliphatic rings. The lowest BCUT2D eigenvalue weighted by Gasteiger charge is -2.48. The van der Waals surface area contributed by atoms with Crippen LogP contribution in [0.15, 0.2) is 18.2 Å². The van der Waals surface area contributed by atoms with Gasteiger partial charge < -0.3 is 9.16 Å². The number of carbonyl (C=O) groups excluding carboxylic acids is 2. The molecule has 4 rings (SSSR count). The zero-order valence-corrected chi connectivity index (χ0v) is 23.8. The number of aryl methyl sites for hydroxylation is 1. The minimum atomic E-state index is -1.61. The summed E-state index contributed by atoms with van der Waals surface area (Å²) in [5.74, 6) is 3.81. The third kappa shape index (κ3) is 5.55. The van der Waals surface area contributed by atoms with E-state index in [-0.39, 0.29) is 11.4 Å². The van der Waals surface area contributed by atoms with Crippen molar-refractivity contribution >= 4 is 20.8 Å². The molecule has 2 fully saturated rings. The second kappa shape index (κ2) is 11.2. The van der Waals surface area contributed by atoms with Gasteiger partial charge in [-0.3, -0.25) is 9.59 Å². The lowest BCUT2D eigenvalue weighted by atomic mass is 9.55. The summed E-state index contributed by atoms with van der Waals surface area (Å²) in [7, 11) is -1.61. The summed E-state index contributed by atoms with van der Waals surface area (Å²) in [6, 6.07) is 7.71. The SMILES string of the molecule is CCCC(C)[C@H](C)[SiH](CCCOc1ccc2c(c1)CC[C@@H]1[C@@H]2CC[C@]2(C)C(=O)CC[C@@H]12)OC(C)=O. The maximum absolute atomic E-state index is 12.6. The summed E-state index contributed by atoms with van der Waals surface area (Å²) in [6.07, 6.45) is 9.70. The minimum absolute atomic E-state index is 0.0547. The Labute approximate surface area is 214 Å². The van der Waals surface area contributed by atoms with Gasteiger partial charge in [0.1, 0.15) is 11.5 Å². The van der Waals surface area contributed by atoms with Crippen molar-refractivity contribution in [3.05, 3.63) is 29.3 Å². The molecule has 2 saturated carbocycles. The summed E-state index contributed by atoms with van der Waals surface area (Å²) in [4.78, 5) is 24.3. The predicted molar refractivity (Wildman–Crippen MR) is 143 cm³/mol. The molecule has 0 aliphatic heterocycles. The van der Waals surface area contributed by atoms with Crippen LogP contribution in [0.3, 0.4) is 0 Å². The van der Waals surface area contributed by atoms with Crippen LogP contribution in [0.25, 0.3) is 0 Å². The van der Waals surface area contributed by atoms with Gasteiger partial charge in [-0.25, -0.2) is 0 Å². The lowest BCUT2D eigenvalue weighted by molar-refractivity contribution is -0.132. The smallest absolute Gasteiger partial charge is 0.289 e. The molecule has 2 unspecified atom stereocenters. The fourth-order valence-corrected chi connectivity index (χ4v) is 10.4. The fourth-order valence-electron chi connectivity index (χ4n) is 7.62. The van der Waals surface area contributed by atoms with E-state index in [1.54, 1.807) is 6.92 Å². The van der Waals surface area contributed by atoms with Gasteiger partial charge in [0.2, 0.25) is 9.04 Å². The van der Waals surface area contributed by atoms with Gasteiger partial charge in [0, 0.05) is 18.8 Å². The third-order valence-corrected chi connectivity index (χ3v) is 13.3. The first-order valence-electron chi connectivity index (χ1n) is 14.2. The number of hydrogen-bond donors (Lipinski definition) is 0. The fraction of sp³-hybridized carbons (Fsp3) is 0.733. The number of carbonyl (C=O) groups is 2. The Kier molecular flexibility index (Phi) is 8.45. The Balaban J connectivity index is 1.33. The van der Waals surface area contributed by atoms with Crippen LogP contribution in [0.5, 0.6) is 5.75 Å². The van der Waals surface area contributed by atoms with E-state index in [0.29, 0.717) is 41.6 Å². The van der Waals surface area contributed by atoms with Crippen molar-refractivity contribution in [1.29, 1.82) is 0 Å². The van der Waals surface area contributed by atoms with Crippen molar-refractivity contribution < 1.29 is 18.8 Å². The average Bonchev–Trinajstić information content (AvgIpc) is 3.14. The van der Waals surface area contributed by atoms with E-state index in [9.17, 15) is 9.59 Å². The highest BCUT2D eigenvalue weighted by atomic mass is 28.3. The van der Waals surface area contributed by atoms with Crippen LogP contribution in [0.4, 0.5) is 0 Å². The van der Waals surface area contributed by atoms with Crippen LogP contribution in [-0.4, -0.2) is 27.4 Å². The van der Waals surface area contributed by atoms with Gasteiger partial charge in [-0.05, 0) is 97.0 Å². The largest absolute Gasteiger partial charge is 0.522 e. The number of fused-ring (bicyclic) bond motifs is 5. The number of hydrogen-bond acceptors (Lipinski definition) is 4. The van der Waals surface area contributed by atoms with E-state index in [4.69, 9.17) is 9.16 Å². The normalized spacial score (nSPS) is 30.0. The highest BCUT2D eigenvalue weighted by Gasteiger charge is 2.54. The Bertz CT molecular complexity index is 914. The van der Waals surface area contributed by atoms with Crippen LogP contribution in [0, 0.1) is 23.2 Å². The van der Waals surface area contributed by atoms with Gasteiger partial charge >= 0.3 is 0 Å². The summed E-state index contributed by atoms with van der Waals surface area (Å²) in [5.41, 5.74) is 3.39. The highest BCUT2D eigenvalue weighted by molar-refractivity contribution is 6.55. The van der Waals surface area contributed by atoms with Crippen LogP contribution in [0.2, 0.25) is 11.6 Å². The van der Waals surface area contributed by atoms with E-state index in [2.05, 4.69) is 45.9 Å². The molecule has 0 heterocycles. The first-order valence-corrected chi connectivity index (χ1v) is 16.2. The molecule has 0 aromatic heterocycles. The number of benzene rings is 1. The van der Waals surface area contributed by atoms with E-state index in [1.165, 1.54) is 30.4 Å². The van der Waals surface area contributed by atoms with E-state index < -0.39 is 9.04 Å². The molecule has 35 heavy (non-hydrogen) atoms. The topological polar surface area (TPSA) is 52.6 Å². The van der Waals surface area contributed by atoms with Gasteiger partial charge in [-0.2, -0.15) is 0 Å².